The molecule has 1 unspecified atom stereocenters. The van der Waals surface area contributed by atoms with Crippen LogP contribution in [0, 0.1) is 0 Å². The van der Waals surface area contributed by atoms with Gasteiger partial charge in [-0.25, -0.2) is 4.79 Å². The fourth-order valence-corrected chi connectivity index (χ4v) is 7.52. The first-order valence-electron chi connectivity index (χ1n) is 13.6. The summed E-state index contributed by atoms with van der Waals surface area (Å²) in [5, 5.41) is 37.1. The van der Waals surface area contributed by atoms with Gasteiger partial charge in [0.1, 0.15) is 6.10 Å². The number of rotatable bonds is 6. The number of ether oxygens (including phenoxy) is 2. The molecule has 0 radical (unpaired) electrons. The molecule has 3 N–H and O–H groups in total. The summed E-state index contributed by atoms with van der Waals surface area (Å²) in [5.41, 5.74) is -4.78. The molecule has 4 aromatic rings. The zero-order valence-electron chi connectivity index (χ0n) is 21.8. The summed E-state index contributed by atoms with van der Waals surface area (Å²) in [6, 6.07) is 36.6. The second-order valence-corrected chi connectivity index (χ2v) is 11.1. The first-order valence-corrected chi connectivity index (χ1v) is 13.6. The van der Waals surface area contributed by atoms with Gasteiger partial charge in [0.25, 0.3) is 0 Å². The Kier molecular flexibility index (Phi) is 5.57. The molecule has 2 aliphatic heterocycles. The van der Waals surface area contributed by atoms with Gasteiger partial charge >= 0.3 is 5.97 Å². The van der Waals surface area contributed by atoms with E-state index in [1.807, 2.05) is 84.9 Å². The molecule has 4 aromatic carbocycles. The predicted octanol–water partition coefficient (Wildman–Crippen LogP) is 4.20. The van der Waals surface area contributed by atoms with Crippen molar-refractivity contribution in [1.82, 2.24) is 0 Å². The Morgan fingerprint density at radius 1 is 0.800 bits per heavy atom. The van der Waals surface area contributed by atoms with E-state index in [1.54, 1.807) is 36.4 Å². The third kappa shape index (κ3) is 3.05. The molecule has 7 rings (SSSR count). The van der Waals surface area contributed by atoms with E-state index in [9.17, 15) is 20.1 Å². The largest absolute Gasteiger partial charge is 0.450 e. The second kappa shape index (κ2) is 8.85. The van der Waals surface area contributed by atoms with E-state index >= 15 is 0 Å². The van der Waals surface area contributed by atoms with Crippen molar-refractivity contribution in [3.63, 3.8) is 0 Å². The molecule has 1 spiro atoms. The summed E-state index contributed by atoms with van der Waals surface area (Å²) in [4.78, 5) is 14.2. The molecule has 40 heavy (non-hydrogen) atoms. The Balaban J connectivity index is 1.53. The maximum absolute atomic E-state index is 14.2. The molecule has 6 nitrogen and oxygen atoms in total. The lowest BCUT2D eigenvalue weighted by Gasteiger charge is -2.56. The zero-order valence-corrected chi connectivity index (χ0v) is 21.8. The minimum Gasteiger partial charge on any atom is -0.450 e. The molecular weight excluding hydrogens is 504 g/mol. The van der Waals surface area contributed by atoms with E-state index in [4.69, 9.17) is 9.47 Å². The molecule has 7 atom stereocenters. The minimum absolute atomic E-state index is 0.0269. The van der Waals surface area contributed by atoms with Crippen molar-refractivity contribution in [2.75, 3.05) is 0 Å². The molecule has 3 aliphatic rings. The van der Waals surface area contributed by atoms with Gasteiger partial charge in [0.15, 0.2) is 16.8 Å². The van der Waals surface area contributed by atoms with Gasteiger partial charge in [0, 0.05) is 12.3 Å². The van der Waals surface area contributed by atoms with Crippen LogP contribution in [-0.2, 0) is 26.3 Å². The van der Waals surface area contributed by atoms with Crippen molar-refractivity contribution in [1.29, 1.82) is 0 Å². The Morgan fingerprint density at radius 2 is 1.35 bits per heavy atom. The summed E-state index contributed by atoms with van der Waals surface area (Å²) < 4.78 is 13.1. The minimum atomic E-state index is -2.07. The number of aliphatic hydroxyl groups excluding tert-OH is 2. The number of hydrogen-bond acceptors (Lipinski definition) is 6. The van der Waals surface area contributed by atoms with Crippen LogP contribution in [0.15, 0.2) is 121 Å². The standard InChI is InChI=1S/C34H30O6/c35-28-21-27(24-15-7-2-8-16-24)33(29(36)25-17-9-3-10-18-25)34(32(28,38)26-19-11-4-12-20-26)31(40-34,30(37)39-33)22-23-13-5-1-6-14-23/h1-20,27-29,35-36,38H,21-22H2/t27-,28+,29?,31-,32-,33+,34+/m1/s1. The molecule has 6 heteroatoms. The summed E-state index contributed by atoms with van der Waals surface area (Å²) in [6.07, 6.45) is -2.56. The van der Waals surface area contributed by atoms with E-state index < -0.39 is 46.5 Å². The van der Waals surface area contributed by atoms with Gasteiger partial charge in [-0.1, -0.05) is 121 Å². The lowest BCUT2D eigenvalue weighted by Crippen LogP contribution is -2.71. The van der Waals surface area contributed by atoms with Crippen LogP contribution in [0.4, 0.5) is 0 Å². The summed E-state index contributed by atoms with van der Waals surface area (Å²) in [7, 11) is 0. The normalized spacial score (nSPS) is 34.8. The number of aliphatic hydroxyl groups is 3. The number of esters is 1. The van der Waals surface area contributed by atoms with Crippen LogP contribution in [0.2, 0.25) is 0 Å². The van der Waals surface area contributed by atoms with Crippen molar-refractivity contribution in [3.8, 4) is 0 Å². The van der Waals surface area contributed by atoms with Crippen LogP contribution in [0.1, 0.15) is 40.7 Å². The third-order valence-electron chi connectivity index (χ3n) is 9.22. The molecule has 1 aliphatic carbocycles. The summed E-state index contributed by atoms with van der Waals surface area (Å²) >= 11 is 0. The Bertz CT molecular complexity index is 1530. The van der Waals surface area contributed by atoms with Crippen LogP contribution >= 0.6 is 0 Å². The number of carbonyl (C=O) groups excluding carboxylic acids is 1. The van der Waals surface area contributed by atoms with Gasteiger partial charge in [-0.05, 0) is 28.7 Å². The lowest BCUT2D eigenvalue weighted by atomic mass is 9.51. The van der Waals surface area contributed by atoms with Crippen LogP contribution in [-0.4, -0.2) is 44.2 Å². The third-order valence-corrected chi connectivity index (χ3v) is 9.22. The van der Waals surface area contributed by atoms with E-state index in [1.165, 1.54) is 0 Å². The molecule has 0 amide bonds. The van der Waals surface area contributed by atoms with Crippen LogP contribution in [0.25, 0.3) is 0 Å². The average molecular weight is 535 g/mol. The highest BCUT2D eigenvalue weighted by Crippen LogP contribution is 2.78. The number of carbonyl (C=O) groups is 1. The highest BCUT2D eigenvalue weighted by atomic mass is 16.7. The van der Waals surface area contributed by atoms with Gasteiger partial charge in [-0.15, -0.1) is 0 Å². The molecular formula is C34H30O6. The van der Waals surface area contributed by atoms with E-state index in [0.29, 0.717) is 11.1 Å². The Labute approximate surface area is 232 Å². The zero-order chi connectivity index (χ0) is 27.6. The van der Waals surface area contributed by atoms with Gasteiger partial charge in [-0.2, -0.15) is 0 Å². The van der Waals surface area contributed by atoms with Gasteiger partial charge in [-0.3, -0.25) is 0 Å². The maximum Gasteiger partial charge on any atom is 0.342 e. The molecule has 2 saturated heterocycles. The SMILES string of the molecule is O=C1O[C@]2(C(O)c3ccccc3)[C@@H](c3ccccc3)C[C@H](O)[C@](O)(c3ccccc3)[C@]23O[C@]13Cc1ccccc1. The molecule has 3 fully saturated rings. The molecule has 0 bridgehead atoms. The Hall–Kier alpha value is -3.81. The predicted molar refractivity (Wildman–Crippen MR) is 147 cm³/mol. The van der Waals surface area contributed by atoms with Gasteiger partial charge in [0.05, 0.1) is 6.10 Å². The van der Waals surface area contributed by atoms with Crippen molar-refractivity contribution in [2.45, 2.75) is 53.4 Å². The summed E-state index contributed by atoms with van der Waals surface area (Å²) in [6.45, 7) is 0. The molecule has 202 valence electrons. The smallest absolute Gasteiger partial charge is 0.342 e. The number of epoxide rings is 1. The maximum atomic E-state index is 14.2. The highest BCUT2D eigenvalue weighted by Gasteiger charge is 2.99. The van der Waals surface area contributed by atoms with Crippen molar-refractivity contribution >= 4 is 5.97 Å². The van der Waals surface area contributed by atoms with Crippen molar-refractivity contribution in [3.05, 3.63) is 144 Å². The fraction of sp³-hybridized carbons (Fsp3) is 0.265. The van der Waals surface area contributed by atoms with Gasteiger partial charge < -0.3 is 24.8 Å². The van der Waals surface area contributed by atoms with Crippen LogP contribution in [0.5, 0.6) is 0 Å². The van der Waals surface area contributed by atoms with Crippen LogP contribution < -0.4 is 0 Å². The van der Waals surface area contributed by atoms with Crippen LogP contribution in [0.3, 0.4) is 0 Å². The molecule has 0 aromatic heterocycles. The number of hydrogen-bond donors (Lipinski definition) is 3. The van der Waals surface area contributed by atoms with Gasteiger partial charge in [0.2, 0.25) is 5.60 Å². The topological polar surface area (TPSA) is 99.5 Å². The lowest BCUT2D eigenvalue weighted by molar-refractivity contribution is -0.263. The highest BCUT2D eigenvalue weighted by molar-refractivity contribution is 5.92. The fourth-order valence-electron chi connectivity index (χ4n) is 7.52. The van der Waals surface area contributed by atoms with Crippen molar-refractivity contribution < 1.29 is 29.6 Å². The quantitative estimate of drug-likeness (QED) is 0.253. The average Bonchev–Trinajstić information content (AvgIpc) is 3.64. The second-order valence-electron chi connectivity index (χ2n) is 11.1. The first-order chi connectivity index (χ1) is 19.4. The molecule has 1 saturated carbocycles. The monoisotopic (exact) mass is 534 g/mol. The Morgan fingerprint density at radius 3 is 1.98 bits per heavy atom. The van der Waals surface area contributed by atoms with E-state index in [0.717, 1.165) is 11.1 Å². The number of benzene rings is 4. The van der Waals surface area contributed by atoms with Crippen molar-refractivity contribution in [2.24, 2.45) is 0 Å². The van der Waals surface area contributed by atoms with E-state index in [2.05, 4.69) is 0 Å². The van der Waals surface area contributed by atoms with E-state index in [-0.39, 0.29) is 12.8 Å². The first kappa shape index (κ1) is 25.2. The molecule has 2 heterocycles. The summed E-state index contributed by atoms with van der Waals surface area (Å²) in [5.74, 6) is -1.34.